The molecule has 6 nitrogen and oxygen atoms in total. The molecule has 27 heavy (non-hydrogen) atoms. The molecule has 1 N–H and O–H groups in total. The lowest BCUT2D eigenvalue weighted by Crippen LogP contribution is -2.35. The van der Waals surface area contributed by atoms with Crippen LogP contribution in [-0.2, 0) is 29.1 Å². The summed E-state index contributed by atoms with van der Waals surface area (Å²) in [6.07, 6.45) is 8.32. The van der Waals surface area contributed by atoms with Crippen LogP contribution in [0, 0.1) is 5.41 Å². The van der Waals surface area contributed by atoms with Crippen molar-refractivity contribution < 1.29 is 9.53 Å². The molecule has 0 unspecified atom stereocenters. The summed E-state index contributed by atoms with van der Waals surface area (Å²) in [6, 6.07) is 6.22. The molecule has 0 radical (unpaired) electrons. The minimum atomic E-state index is -0.0962. The van der Waals surface area contributed by atoms with E-state index in [9.17, 15) is 4.79 Å². The molecule has 1 aliphatic carbocycles. The molecule has 5 rings (SSSR count). The number of ether oxygens (including phenoxy) is 1. The predicted molar refractivity (Wildman–Crippen MR) is 104 cm³/mol. The normalized spacial score (nSPS) is 31.2. The Hall–Kier alpha value is -1.83. The Balaban J connectivity index is 1.44. The van der Waals surface area contributed by atoms with Crippen LogP contribution in [0.5, 0.6) is 0 Å². The number of halogens is 1. The number of hydrogen-bond acceptors (Lipinski definition) is 5. The molecular formula is C20H21BrN4O2. The number of fused-ring (bicyclic) bond motifs is 4. The van der Waals surface area contributed by atoms with Gasteiger partial charge in [-0.15, -0.1) is 0 Å². The van der Waals surface area contributed by atoms with Crippen LogP contribution in [0.2, 0.25) is 0 Å². The summed E-state index contributed by atoms with van der Waals surface area (Å²) in [4.78, 5) is 17.5. The van der Waals surface area contributed by atoms with Crippen molar-refractivity contribution in [2.75, 3.05) is 6.61 Å². The first-order chi connectivity index (χ1) is 13.1. The molecule has 1 saturated carbocycles. The monoisotopic (exact) mass is 428 g/mol. The van der Waals surface area contributed by atoms with Crippen LogP contribution in [0.4, 0.5) is 0 Å². The van der Waals surface area contributed by atoms with Crippen molar-refractivity contribution in [1.82, 2.24) is 20.1 Å². The SMILES string of the molecule is O=C1Cc2nc(Br)ccc2COC/C=C/c2ccn(n2)C[C@@]23C[C@@H]1N[C@@H]2C3. The van der Waals surface area contributed by atoms with E-state index < -0.39 is 0 Å². The number of aromatic nitrogens is 3. The third kappa shape index (κ3) is 3.39. The summed E-state index contributed by atoms with van der Waals surface area (Å²) in [6.45, 7) is 1.79. The van der Waals surface area contributed by atoms with Gasteiger partial charge >= 0.3 is 0 Å². The van der Waals surface area contributed by atoms with Crippen LogP contribution in [0.25, 0.3) is 6.08 Å². The number of hydrogen-bond donors (Lipinski definition) is 1. The largest absolute Gasteiger partial charge is 0.373 e. The fourth-order valence-electron chi connectivity index (χ4n) is 4.32. The lowest BCUT2D eigenvalue weighted by Gasteiger charge is -2.16. The van der Waals surface area contributed by atoms with Crippen LogP contribution < -0.4 is 5.32 Å². The number of nitrogens with zero attached hydrogens (tertiary/aromatic N) is 3. The zero-order valence-electron chi connectivity index (χ0n) is 14.9. The van der Waals surface area contributed by atoms with Gasteiger partial charge in [-0.1, -0.05) is 12.1 Å². The van der Waals surface area contributed by atoms with Gasteiger partial charge in [-0.2, -0.15) is 5.10 Å². The fraction of sp³-hybridized carbons (Fsp3) is 0.450. The van der Waals surface area contributed by atoms with Crippen molar-refractivity contribution in [3.05, 3.63) is 52.0 Å². The first kappa shape index (κ1) is 17.3. The summed E-state index contributed by atoms with van der Waals surface area (Å²) < 4.78 is 8.52. The molecule has 2 aliphatic heterocycles. The molecule has 7 heteroatoms. The smallest absolute Gasteiger partial charge is 0.155 e. The number of piperidine rings is 1. The van der Waals surface area contributed by atoms with Crippen molar-refractivity contribution in [3.63, 3.8) is 0 Å². The predicted octanol–water partition coefficient (Wildman–Crippen LogP) is 2.52. The zero-order chi connectivity index (χ0) is 18.4. The van der Waals surface area contributed by atoms with Gasteiger partial charge in [0.05, 0.1) is 37.1 Å². The second-order valence-corrected chi connectivity index (χ2v) is 8.59. The highest BCUT2D eigenvalue weighted by Gasteiger charge is 2.61. The maximum Gasteiger partial charge on any atom is 0.155 e. The fourth-order valence-corrected chi connectivity index (χ4v) is 4.67. The molecule has 0 amide bonds. The van der Waals surface area contributed by atoms with E-state index in [0.717, 1.165) is 40.9 Å². The Kier molecular flexibility index (Phi) is 4.26. The molecule has 140 valence electrons. The average molecular weight is 429 g/mol. The van der Waals surface area contributed by atoms with Crippen molar-refractivity contribution in [1.29, 1.82) is 0 Å². The maximum absolute atomic E-state index is 12.9. The van der Waals surface area contributed by atoms with Crippen molar-refractivity contribution in [2.24, 2.45) is 5.41 Å². The quantitative estimate of drug-likeness (QED) is 0.652. The lowest BCUT2D eigenvalue weighted by molar-refractivity contribution is -0.120. The van der Waals surface area contributed by atoms with Crippen LogP contribution in [0.1, 0.15) is 29.8 Å². The number of Topliss-reactive ketones (excluding diaryl/α,β-unsaturated/α-hetero) is 1. The highest BCUT2D eigenvalue weighted by atomic mass is 79.9. The molecule has 1 spiro atoms. The number of ketones is 1. The first-order valence-corrected chi connectivity index (χ1v) is 10.1. The van der Waals surface area contributed by atoms with Crippen LogP contribution in [0.3, 0.4) is 0 Å². The zero-order valence-corrected chi connectivity index (χ0v) is 16.5. The Labute approximate surface area is 166 Å². The number of rotatable bonds is 0. The van der Waals surface area contributed by atoms with E-state index in [-0.39, 0.29) is 17.2 Å². The van der Waals surface area contributed by atoms with E-state index in [2.05, 4.69) is 31.3 Å². The van der Waals surface area contributed by atoms with Crippen molar-refractivity contribution in [3.8, 4) is 0 Å². The number of nitrogens with one attached hydrogen (secondary N) is 1. The van der Waals surface area contributed by atoms with Gasteiger partial charge in [0.1, 0.15) is 4.60 Å². The second kappa shape index (κ2) is 6.65. The molecule has 0 aromatic carbocycles. The lowest BCUT2D eigenvalue weighted by atomic mass is 9.95. The number of carbonyl (C=O) groups excluding carboxylic acids is 1. The summed E-state index contributed by atoms with van der Waals surface area (Å²) in [5, 5.41) is 8.17. The molecule has 3 aliphatic rings. The van der Waals surface area contributed by atoms with Gasteiger partial charge in [0.2, 0.25) is 0 Å². The molecule has 2 fully saturated rings. The molecular weight excluding hydrogens is 408 g/mol. The molecule has 2 aromatic heterocycles. The highest BCUT2D eigenvalue weighted by Crippen LogP contribution is 2.55. The van der Waals surface area contributed by atoms with Gasteiger partial charge in [0, 0.05) is 24.2 Å². The molecule has 4 heterocycles. The van der Waals surface area contributed by atoms with E-state index in [1.807, 2.05) is 41.2 Å². The summed E-state index contributed by atoms with van der Waals surface area (Å²) in [7, 11) is 0. The van der Waals surface area contributed by atoms with Gasteiger partial charge in [-0.05, 0) is 52.5 Å². The standard InChI is InChI=1S/C20H21BrN4O2/c21-19-4-3-13-11-27-7-1-2-14-5-6-25(24-14)12-20-9-16(22-18(20)10-20)17(26)8-15(13)23-19/h1-6,16,18,22H,7-12H2/b2-1+/t16-,18+,20-/m0/s1. The highest BCUT2D eigenvalue weighted by molar-refractivity contribution is 9.10. The summed E-state index contributed by atoms with van der Waals surface area (Å²) in [5.74, 6) is 0.210. The second-order valence-electron chi connectivity index (χ2n) is 7.78. The van der Waals surface area contributed by atoms with Crippen molar-refractivity contribution in [2.45, 2.75) is 44.5 Å². The van der Waals surface area contributed by atoms with Gasteiger partial charge in [-0.25, -0.2) is 4.98 Å². The number of pyridine rings is 1. The van der Waals surface area contributed by atoms with Crippen molar-refractivity contribution >= 4 is 27.8 Å². The van der Waals surface area contributed by atoms with Gasteiger partial charge < -0.3 is 10.1 Å². The minimum Gasteiger partial charge on any atom is -0.373 e. The third-order valence-corrected chi connectivity index (χ3v) is 6.31. The third-order valence-electron chi connectivity index (χ3n) is 5.87. The number of carbonyl (C=O) groups is 1. The van der Waals surface area contributed by atoms with Crippen LogP contribution in [0.15, 0.2) is 35.1 Å². The Morgan fingerprint density at radius 3 is 3.15 bits per heavy atom. The first-order valence-electron chi connectivity index (χ1n) is 9.32. The van der Waals surface area contributed by atoms with E-state index in [0.29, 0.717) is 25.7 Å². The van der Waals surface area contributed by atoms with E-state index in [1.165, 1.54) is 0 Å². The molecule has 3 atom stereocenters. The van der Waals surface area contributed by atoms with Gasteiger partial charge in [-0.3, -0.25) is 9.48 Å². The van der Waals surface area contributed by atoms with E-state index in [4.69, 9.17) is 4.74 Å². The Bertz CT molecular complexity index is 924. The molecule has 1 saturated heterocycles. The Morgan fingerprint density at radius 2 is 2.22 bits per heavy atom. The minimum absolute atomic E-state index is 0.0962. The summed E-state index contributed by atoms with van der Waals surface area (Å²) in [5.41, 5.74) is 2.87. The molecule has 2 aromatic rings. The molecule has 4 bridgehead atoms. The average Bonchev–Trinajstić information content (AvgIpc) is 2.97. The Morgan fingerprint density at radius 1 is 1.30 bits per heavy atom. The van der Waals surface area contributed by atoms with Gasteiger partial charge in [0.15, 0.2) is 5.78 Å². The van der Waals surface area contributed by atoms with E-state index in [1.54, 1.807) is 0 Å². The maximum atomic E-state index is 12.9. The van der Waals surface area contributed by atoms with Crippen LogP contribution >= 0.6 is 15.9 Å². The van der Waals surface area contributed by atoms with Gasteiger partial charge in [0.25, 0.3) is 0 Å². The van der Waals surface area contributed by atoms with E-state index >= 15 is 0 Å². The topological polar surface area (TPSA) is 69.0 Å². The summed E-state index contributed by atoms with van der Waals surface area (Å²) >= 11 is 3.42. The van der Waals surface area contributed by atoms with Crippen LogP contribution in [-0.4, -0.2) is 39.2 Å².